The van der Waals surface area contributed by atoms with Gasteiger partial charge in [-0.2, -0.15) is 0 Å². The molecule has 0 aliphatic rings. The van der Waals surface area contributed by atoms with Gasteiger partial charge >= 0.3 is 0 Å². The molecule has 0 unspecified atom stereocenters. The van der Waals surface area contributed by atoms with Crippen LogP contribution in [-0.4, -0.2) is 28.2 Å². The third kappa shape index (κ3) is 6.27. The highest BCUT2D eigenvalue weighted by molar-refractivity contribution is 5.50. The lowest BCUT2D eigenvalue weighted by Gasteiger charge is -2.17. The zero-order chi connectivity index (χ0) is 18.7. The predicted octanol–water partition coefficient (Wildman–Crippen LogP) is 6.02. The van der Waals surface area contributed by atoms with E-state index < -0.39 is 0 Å². The normalized spacial score (nSPS) is 9.42. The number of nitrogens with zero attached hydrogens (tertiary/aromatic N) is 2. The SMILES string of the molecule is CC.CC.CC(c1ccc(N(C)C)cc1)c1ccc(N(C)C)cc1. The highest BCUT2D eigenvalue weighted by atomic mass is 15.1. The van der Waals surface area contributed by atoms with Crippen molar-refractivity contribution in [3.8, 4) is 0 Å². The van der Waals surface area contributed by atoms with Crippen LogP contribution in [0.25, 0.3) is 0 Å². The average molecular weight is 329 g/mol. The molecule has 0 fully saturated rings. The molecular formula is C22H36N2. The highest BCUT2D eigenvalue weighted by Gasteiger charge is 2.09. The van der Waals surface area contributed by atoms with Gasteiger partial charge in [0.1, 0.15) is 0 Å². The van der Waals surface area contributed by atoms with Crippen molar-refractivity contribution in [2.24, 2.45) is 0 Å². The van der Waals surface area contributed by atoms with Crippen LogP contribution in [0.15, 0.2) is 48.5 Å². The third-order valence-electron chi connectivity index (χ3n) is 3.82. The molecule has 2 aromatic carbocycles. The summed E-state index contributed by atoms with van der Waals surface area (Å²) in [6.07, 6.45) is 0. The van der Waals surface area contributed by atoms with E-state index in [2.05, 4.69) is 93.4 Å². The Hall–Kier alpha value is -1.96. The van der Waals surface area contributed by atoms with Crippen LogP contribution < -0.4 is 9.80 Å². The number of hydrogen-bond acceptors (Lipinski definition) is 2. The predicted molar refractivity (Wildman–Crippen MR) is 112 cm³/mol. The Morgan fingerprint density at radius 3 is 1.00 bits per heavy atom. The lowest BCUT2D eigenvalue weighted by molar-refractivity contribution is 0.920. The fourth-order valence-electron chi connectivity index (χ4n) is 2.31. The molecule has 0 atom stereocenters. The van der Waals surface area contributed by atoms with Crippen LogP contribution in [0.3, 0.4) is 0 Å². The van der Waals surface area contributed by atoms with E-state index in [1.165, 1.54) is 22.5 Å². The van der Waals surface area contributed by atoms with E-state index in [0.717, 1.165) is 0 Å². The van der Waals surface area contributed by atoms with Crippen molar-refractivity contribution in [1.29, 1.82) is 0 Å². The van der Waals surface area contributed by atoms with Gasteiger partial charge in [0.15, 0.2) is 0 Å². The molecule has 0 heterocycles. The van der Waals surface area contributed by atoms with Gasteiger partial charge in [-0.15, -0.1) is 0 Å². The molecule has 0 saturated heterocycles. The largest absolute Gasteiger partial charge is 0.378 e. The molecule has 0 N–H and O–H groups in total. The van der Waals surface area contributed by atoms with Gasteiger partial charge < -0.3 is 9.80 Å². The van der Waals surface area contributed by atoms with E-state index in [-0.39, 0.29) is 0 Å². The quantitative estimate of drug-likeness (QED) is 0.677. The van der Waals surface area contributed by atoms with E-state index >= 15 is 0 Å². The van der Waals surface area contributed by atoms with E-state index in [1.54, 1.807) is 0 Å². The molecule has 0 aliphatic carbocycles. The second-order valence-electron chi connectivity index (χ2n) is 5.69. The summed E-state index contributed by atoms with van der Waals surface area (Å²) in [5.74, 6) is 0.419. The molecule has 2 nitrogen and oxygen atoms in total. The molecule has 0 saturated carbocycles. The number of benzene rings is 2. The van der Waals surface area contributed by atoms with E-state index in [0.29, 0.717) is 5.92 Å². The van der Waals surface area contributed by atoms with Crippen LogP contribution in [0.2, 0.25) is 0 Å². The summed E-state index contributed by atoms with van der Waals surface area (Å²) in [4.78, 5) is 4.25. The number of anilines is 2. The Bertz CT molecular complexity index is 488. The summed E-state index contributed by atoms with van der Waals surface area (Å²) in [7, 11) is 8.27. The Morgan fingerprint density at radius 1 is 0.542 bits per heavy atom. The van der Waals surface area contributed by atoms with Crippen molar-refractivity contribution >= 4 is 11.4 Å². The first-order valence-electron chi connectivity index (χ1n) is 9.03. The van der Waals surface area contributed by atoms with Crippen molar-refractivity contribution in [3.05, 3.63) is 59.7 Å². The average Bonchev–Trinajstić information content (AvgIpc) is 2.64. The maximum Gasteiger partial charge on any atom is 0.0361 e. The zero-order valence-corrected chi connectivity index (χ0v) is 17.1. The molecule has 2 aromatic rings. The van der Waals surface area contributed by atoms with Crippen molar-refractivity contribution < 1.29 is 0 Å². The summed E-state index contributed by atoms with van der Waals surface area (Å²) in [6, 6.07) is 17.6. The highest BCUT2D eigenvalue weighted by Crippen LogP contribution is 2.27. The van der Waals surface area contributed by atoms with Gasteiger partial charge in [0.2, 0.25) is 0 Å². The van der Waals surface area contributed by atoms with Crippen LogP contribution in [0.4, 0.5) is 11.4 Å². The fraction of sp³-hybridized carbons (Fsp3) is 0.455. The molecule has 0 radical (unpaired) electrons. The second-order valence-corrected chi connectivity index (χ2v) is 5.69. The maximum atomic E-state index is 2.26. The van der Waals surface area contributed by atoms with Gasteiger partial charge in [-0.1, -0.05) is 58.9 Å². The molecule has 0 aromatic heterocycles. The Labute approximate surface area is 150 Å². The molecule has 2 heteroatoms. The molecule has 0 amide bonds. The molecule has 24 heavy (non-hydrogen) atoms. The first-order chi connectivity index (χ1) is 11.5. The van der Waals surface area contributed by atoms with E-state index in [1.807, 2.05) is 27.7 Å². The van der Waals surface area contributed by atoms with Gasteiger partial charge in [0.25, 0.3) is 0 Å². The number of hydrogen-bond donors (Lipinski definition) is 0. The van der Waals surface area contributed by atoms with Gasteiger partial charge in [0.05, 0.1) is 0 Å². The molecule has 134 valence electrons. The van der Waals surface area contributed by atoms with Gasteiger partial charge in [-0.3, -0.25) is 0 Å². The molecule has 0 bridgehead atoms. The summed E-state index contributed by atoms with van der Waals surface area (Å²) in [5, 5.41) is 0. The Morgan fingerprint density at radius 2 is 0.792 bits per heavy atom. The van der Waals surface area contributed by atoms with E-state index in [9.17, 15) is 0 Å². The maximum absolute atomic E-state index is 2.26. The lowest BCUT2D eigenvalue weighted by atomic mass is 9.93. The van der Waals surface area contributed by atoms with Crippen LogP contribution in [0.5, 0.6) is 0 Å². The van der Waals surface area contributed by atoms with Crippen molar-refractivity contribution in [1.82, 2.24) is 0 Å². The monoisotopic (exact) mass is 328 g/mol. The summed E-state index contributed by atoms with van der Waals surface area (Å²) >= 11 is 0. The fourth-order valence-corrected chi connectivity index (χ4v) is 2.31. The first kappa shape index (κ1) is 22.0. The van der Waals surface area contributed by atoms with Gasteiger partial charge in [0, 0.05) is 45.5 Å². The van der Waals surface area contributed by atoms with Gasteiger partial charge in [-0.25, -0.2) is 0 Å². The van der Waals surface area contributed by atoms with Crippen LogP contribution in [0, 0.1) is 0 Å². The minimum atomic E-state index is 0.419. The summed E-state index contributed by atoms with van der Waals surface area (Å²) in [5.41, 5.74) is 5.19. The summed E-state index contributed by atoms with van der Waals surface area (Å²) < 4.78 is 0. The topological polar surface area (TPSA) is 6.48 Å². The first-order valence-corrected chi connectivity index (χ1v) is 9.03. The molecule has 0 spiro atoms. The van der Waals surface area contributed by atoms with Crippen LogP contribution in [0.1, 0.15) is 51.7 Å². The standard InChI is InChI=1S/C18H24N2.2C2H6/c1-14(15-6-10-17(11-7-15)19(2)3)16-8-12-18(13-9-16)20(4)5;2*1-2/h6-14H,1-5H3;2*1-2H3. The minimum absolute atomic E-state index is 0.419. The zero-order valence-electron chi connectivity index (χ0n) is 17.1. The molecule has 0 aliphatic heterocycles. The Kier molecular flexibility index (Phi) is 10.6. The third-order valence-corrected chi connectivity index (χ3v) is 3.82. The summed E-state index contributed by atoms with van der Waals surface area (Å²) in [6.45, 7) is 10.3. The molecular weight excluding hydrogens is 292 g/mol. The van der Waals surface area contributed by atoms with E-state index in [4.69, 9.17) is 0 Å². The second kappa shape index (κ2) is 11.6. The van der Waals surface area contributed by atoms with Crippen molar-refractivity contribution in [3.63, 3.8) is 0 Å². The van der Waals surface area contributed by atoms with Gasteiger partial charge in [-0.05, 0) is 35.4 Å². The smallest absolute Gasteiger partial charge is 0.0361 e. The van der Waals surface area contributed by atoms with Crippen molar-refractivity contribution in [2.45, 2.75) is 40.5 Å². The van der Waals surface area contributed by atoms with Crippen LogP contribution >= 0.6 is 0 Å². The van der Waals surface area contributed by atoms with Crippen LogP contribution in [-0.2, 0) is 0 Å². The van der Waals surface area contributed by atoms with Crippen molar-refractivity contribution in [2.75, 3.05) is 38.0 Å². The minimum Gasteiger partial charge on any atom is -0.378 e. The lowest BCUT2D eigenvalue weighted by Crippen LogP contribution is -2.09. The number of rotatable bonds is 4. The Balaban J connectivity index is 0.00000123. The molecule has 2 rings (SSSR count).